The number of nitrogens with one attached hydrogen (secondary N) is 1. The van der Waals surface area contributed by atoms with Gasteiger partial charge in [-0.2, -0.15) is 13.2 Å². The van der Waals surface area contributed by atoms with Gasteiger partial charge in [0, 0.05) is 32.2 Å². The summed E-state index contributed by atoms with van der Waals surface area (Å²) in [5.41, 5.74) is 0.496. The van der Waals surface area contributed by atoms with Crippen LogP contribution >= 0.6 is 24.8 Å². The molecule has 1 atom stereocenters. The maximum Gasteiger partial charge on any atom is 0.416 e. The predicted molar refractivity (Wildman–Crippen MR) is 99.7 cm³/mol. The van der Waals surface area contributed by atoms with Crippen LogP contribution in [0.1, 0.15) is 49.3 Å². The van der Waals surface area contributed by atoms with Gasteiger partial charge in [-0.25, -0.2) is 0 Å². The number of benzene rings is 1. The lowest BCUT2D eigenvalue weighted by molar-refractivity contribution is -0.137. The third-order valence-electron chi connectivity index (χ3n) is 5.22. The highest BCUT2D eigenvalue weighted by Crippen LogP contribution is 2.39. The monoisotopic (exact) mass is 398 g/mol. The summed E-state index contributed by atoms with van der Waals surface area (Å²) in [4.78, 5) is 2.47. The summed E-state index contributed by atoms with van der Waals surface area (Å²) in [6.07, 6.45) is 1.90. The Balaban J connectivity index is 0.00000156. The minimum absolute atomic E-state index is 0. The van der Waals surface area contributed by atoms with Crippen LogP contribution in [0.15, 0.2) is 24.3 Å². The van der Waals surface area contributed by atoms with E-state index < -0.39 is 11.7 Å². The molecule has 1 aliphatic carbocycles. The van der Waals surface area contributed by atoms with E-state index in [0.717, 1.165) is 31.7 Å². The Kier molecular flexibility index (Phi) is 9.02. The summed E-state index contributed by atoms with van der Waals surface area (Å²) in [7, 11) is 0. The largest absolute Gasteiger partial charge is 0.416 e. The second kappa shape index (κ2) is 10.0. The molecule has 144 valence electrons. The average Bonchev–Trinajstić information content (AvgIpc) is 2.57. The molecule has 2 fully saturated rings. The number of hydrogen-bond donors (Lipinski definition) is 1. The van der Waals surface area contributed by atoms with E-state index in [1.165, 1.54) is 44.2 Å². The Morgan fingerprint density at radius 1 is 0.920 bits per heavy atom. The molecule has 0 spiro atoms. The van der Waals surface area contributed by atoms with Gasteiger partial charge in [-0.15, -0.1) is 24.8 Å². The molecule has 7 heteroatoms. The van der Waals surface area contributed by atoms with Crippen LogP contribution < -0.4 is 5.32 Å². The summed E-state index contributed by atoms with van der Waals surface area (Å²) in [5, 5.41) is 3.36. The highest BCUT2D eigenvalue weighted by molar-refractivity contribution is 5.85. The van der Waals surface area contributed by atoms with Crippen molar-refractivity contribution in [2.24, 2.45) is 5.92 Å². The van der Waals surface area contributed by atoms with Crippen molar-refractivity contribution in [2.75, 3.05) is 26.2 Å². The Hall–Kier alpha value is -0.490. The smallest absolute Gasteiger partial charge is 0.314 e. The molecular weight excluding hydrogens is 372 g/mol. The van der Waals surface area contributed by atoms with Crippen molar-refractivity contribution in [2.45, 2.75) is 44.3 Å². The zero-order valence-electron chi connectivity index (χ0n) is 14.2. The van der Waals surface area contributed by atoms with E-state index in [1.54, 1.807) is 12.1 Å². The lowest BCUT2D eigenvalue weighted by Gasteiger charge is -2.41. The van der Waals surface area contributed by atoms with Gasteiger partial charge < -0.3 is 5.32 Å². The Labute approximate surface area is 160 Å². The quantitative estimate of drug-likeness (QED) is 0.763. The molecule has 0 aromatic heterocycles. The van der Waals surface area contributed by atoms with Crippen LogP contribution in [-0.2, 0) is 6.18 Å². The SMILES string of the molecule is Cl.Cl.FC(F)(F)c1ccc([C@@H](C2CCCCC2)N2CCNCC2)cc1. The minimum Gasteiger partial charge on any atom is -0.314 e. The Morgan fingerprint density at radius 2 is 1.48 bits per heavy atom. The fraction of sp³-hybridized carbons (Fsp3) is 0.667. The van der Waals surface area contributed by atoms with Crippen LogP contribution in [0.4, 0.5) is 13.2 Å². The van der Waals surface area contributed by atoms with Crippen LogP contribution in [-0.4, -0.2) is 31.1 Å². The standard InChI is InChI=1S/C18H25F3N2.2ClH/c19-18(20,21)16-8-6-15(7-9-16)17(14-4-2-1-3-5-14)23-12-10-22-11-13-23;;/h6-9,14,17,22H,1-5,10-13H2;2*1H/t17-;;/m1../s1. The Bertz CT molecular complexity index is 478. The molecule has 0 radical (unpaired) electrons. The molecule has 2 aliphatic rings. The summed E-state index contributed by atoms with van der Waals surface area (Å²) in [5.74, 6) is 0.568. The van der Waals surface area contributed by atoms with Crippen molar-refractivity contribution in [1.29, 1.82) is 0 Å². The predicted octanol–water partition coefficient (Wildman–Crippen LogP) is 5.08. The molecule has 0 amide bonds. The molecule has 1 N–H and O–H groups in total. The maximum atomic E-state index is 12.8. The summed E-state index contributed by atoms with van der Waals surface area (Å²) < 4.78 is 38.4. The third-order valence-corrected chi connectivity index (χ3v) is 5.22. The zero-order chi connectivity index (χ0) is 16.3. The highest BCUT2D eigenvalue weighted by Gasteiger charge is 2.33. The molecular formula is C18H27Cl2F3N2. The van der Waals surface area contributed by atoms with Crippen molar-refractivity contribution in [1.82, 2.24) is 10.2 Å². The van der Waals surface area contributed by atoms with Gasteiger partial charge in [0.15, 0.2) is 0 Å². The maximum absolute atomic E-state index is 12.8. The number of hydrogen-bond acceptors (Lipinski definition) is 2. The van der Waals surface area contributed by atoms with Crippen LogP contribution in [0, 0.1) is 5.92 Å². The van der Waals surface area contributed by atoms with Gasteiger partial charge in [0.25, 0.3) is 0 Å². The number of piperazine rings is 1. The first-order chi connectivity index (χ1) is 11.1. The molecule has 1 aromatic carbocycles. The van der Waals surface area contributed by atoms with Crippen molar-refractivity contribution < 1.29 is 13.2 Å². The van der Waals surface area contributed by atoms with Gasteiger partial charge in [0.1, 0.15) is 0 Å². The first kappa shape index (κ1) is 22.6. The van der Waals surface area contributed by atoms with E-state index in [1.807, 2.05) is 0 Å². The van der Waals surface area contributed by atoms with Crippen LogP contribution in [0.2, 0.25) is 0 Å². The third kappa shape index (κ3) is 5.75. The molecule has 1 aliphatic heterocycles. The van der Waals surface area contributed by atoms with Gasteiger partial charge in [0.2, 0.25) is 0 Å². The summed E-state index contributed by atoms with van der Waals surface area (Å²) in [6, 6.07) is 6.15. The summed E-state index contributed by atoms with van der Waals surface area (Å²) >= 11 is 0. The van der Waals surface area contributed by atoms with E-state index in [-0.39, 0.29) is 30.9 Å². The molecule has 0 bridgehead atoms. The number of alkyl halides is 3. The van der Waals surface area contributed by atoms with Gasteiger partial charge in [-0.1, -0.05) is 31.4 Å². The lowest BCUT2D eigenvalue weighted by atomic mass is 9.80. The average molecular weight is 399 g/mol. The van der Waals surface area contributed by atoms with Crippen molar-refractivity contribution in [3.8, 4) is 0 Å². The molecule has 25 heavy (non-hydrogen) atoms. The van der Waals surface area contributed by atoms with E-state index in [0.29, 0.717) is 5.92 Å². The second-order valence-corrected chi connectivity index (χ2v) is 6.75. The van der Waals surface area contributed by atoms with Crippen molar-refractivity contribution >= 4 is 24.8 Å². The highest BCUT2D eigenvalue weighted by atomic mass is 35.5. The number of nitrogens with zero attached hydrogens (tertiary/aromatic N) is 1. The first-order valence-electron chi connectivity index (χ1n) is 8.67. The van der Waals surface area contributed by atoms with Gasteiger partial charge in [0.05, 0.1) is 5.56 Å². The van der Waals surface area contributed by atoms with E-state index in [9.17, 15) is 13.2 Å². The van der Waals surface area contributed by atoms with Gasteiger partial charge in [-0.05, 0) is 36.5 Å². The van der Waals surface area contributed by atoms with Crippen LogP contribution in [0.5, 0.6) is 0 Å². The Morgan fingerprint density at radius 3 is 2.00 bits per heavy atom. The molecule has 0 unspecified atom stereocenters. The molecule has 1 heterocycles. The van der Waals surface area contributed by atoms with Gasteiger partial charge in [-0.3, -0.25) is 4.90 Å². The van der Waals surface area contributed by atoms with Gasteiger partial charge >= 0.3 is 6.18 Å². The van der Waals surface area contributed by atoms with Crippen molar-refractivity contribution in [3.63, 3.8) is 0 Å². The topological polar surface area (TPSA) is 15.3 Å². The molecule has 2 nitrogen and oxygen atoms in total. The minimum atomic E-state index is -4.26. The molecule has 1 saturated carbocycles. The summed E-state index contributed by atoms with van der Waals surface area (Å²) in [6.45, 7) is 3.87. The van der Waals surface area contributed by atoms with E-state index in [2.05, 4.69) is 10.2 Å². The number of halogens is 5. The van der Waals surface area contributed by atoms with Crippen LogP contribution in [0.25, 0.3) is 0 Å². The normalized spacial score (nSPS) is 21.1. The van der Waals surface area contributed by atoms with E-state index in [4.69, 9.17) is 0 Å². The molecule has 1 aromatic rings. The van der Waals surface area contributed by atoms with E-state index >= 15 is 0 Å². The molecule has 3 rings (SSSR count). The number of rotatable bonds is 3. The fourth-order valence-electron chi connectivity index (χ4n) is 4.06. The fourth-order valence-corrected chi connectivity index (χ4v) is 4.06. The lowest BCUT2D eigenvalue weighted by Crippen LogP contribution is -2.47. The second-order valence-electron chi connectivity index (χ2n) is 6.75. The zero-order valence-corrected chi connectivity index (χ0v) is 15.9. The molecule has 1 saturated heterocycles. The van der Waals surface area contributed by atoms with Crippen molar-refractivity contribution in [3.05, 3.63) is 35.4 Å². The first-order valence-corrected chi connectivity index (χ1v) is 8.67. The van der Waals surface area contributed by atoms with Crippen LogP contribution in [0.3, 0.4) is 0 Å².